The lowest BCUT2D eigenvalue weighted by atomic mass is 10.5. The van der Waals surface area contributed by atoms with E-state index in [-0.39, 0.29) is 0 Å². The van der Waals surface area contributed by atoms with E-state index >= 15 is 0 Å². The van der Waals surface area contributed by atoms with Gasteiger partial charge in [0.05, 0.1) is 6.20 Å². The summed E-state index contributed by atoms with van der Waals surface area (Å²) in [7, 11) is 0. The fourth-order valence-electron chi connectivity index (χ4n) is 0.814. The van der Waals surface area contributed by atoms with E-state index in [1.54, 1.807) is 6.20 Å². The summed E-state index contributed by atoms with van der Waals surface area (Å²) in [6.07, 6.45) is 2.35. The Bertz CT molecular complexity index is 225. The number of aromatic nitrogens is 1. The van der Waals surface area contributed by atoms with Crippen molar-refractivity contribution in [2.24, 2.45) is 0 Å². The average Bonchev–Trinajstić information content (AvgIpc) is 2.50. The predicted molar refractivity (Wildman–Crippen MR) is 46.3 cm³/mol. The van der Waals surface area contributed by atoms with Gasteiger partial charge in [-0.1, -0.05) is 0 Å². The molecule has 0 radical (unpaired) electrons. The molecule has 0 aliphatic heterocycles. The quantitative estimate of drug-likeness (QED) is 0.665. The predicted octanol–water partition coefficient (Wildman–Crippen LogP) is 1.99. The van der Waals surface area contributed by atoms with Gasteiger partial charge in [0.25, 0.3) is 0 Å². The number of halogens is 1. The fraction of sp³-hybridized carbons (Fsp3) is 0.625. The Morgan fingerprint density at radius 3 is 3.17 bits per heavy atom. The molecule has 1 heterocycles. The van der Waals surface area contributed by atoms with Gasteiger partial charge < -0.3 is 9.15 Å². The van der Waals surface area contributed by atoms with Crippen molar-refractivity contribution < 1.29 is 9.15 Å². The minimum absolute atomic E-state index is 0.492. The molecule has 0 aliphatic carbocycles. The largest absolute Gasteiger partial charge is 0.443 e. The van der Waals surface area contributed by atoms with Crippen molar-refractivity contribution in [2.45, 2.75) is 20.0 Å². The first kappa shape index (κ1) is 9.55. The van der Waals surface area contributed by atoms with E-state index in [0.29, 0.717) is 31.4 Å². The van der Waals surface area contributed by atoms with Crippen molar-refractivity contribution in [3.05, 3.63) is 17.8 Å². The Kier molecular flexibility index (Phi) is 4.11. The average molecular weight is 190 g/mol. The van der Waals surface area contributed by atoms with Gasteiger partial charge in [0.1, 0.15) is 12.4 Å². The number of hydrogen-bond donors (Lipinski definition) is 0. The summed E-state index contributed by atoms with van der Waals surface area (Å²) in [5.74, 6) is 1.98. The molecule has 0 saturated carbocycles. The molecule has 1 rings (SSSR count). The van der Waals surface area contributed by atoms with E-state index in [1.807, 2.05) is 6.92 Å². The second kappa shape index (κ2) is 5.17. The van der Waals surface area contributed by atoms with E-state index < -0.39 is 0 Å². The monoisotopic (exact) mass is 189 g/mol. The van der Waals surface area contributed by atoms with E-state index in [4.69, 9.17) is 20.8 Å². The molecule has 0 bridgehead atoms. The van der Waals surface area contributed by atoms with Crippen molar-refractivity contribution in [3.8, 4) is 0 Å². The van der Waals surface area contributed by atoms with Gasteiger partial charge in [-0.3, -0.25) is 0 Å². The van der Waals surface area contributed by atoms with Crippen LogP contribution in [0.4, 0.5) is 0 Å². The van der Waals surface area contributed by atoms with Crippen LogP contribution in [0.1, 0.15) is 18.6 Å². The third-order valence-electron chi connectivity index (χ3n) is 1.36. The van der Waals surface area contributed by atoms with Crippen LogP contribution in [0.15, 0.2) is 10.6 Å². The van der Waals surface area contributed by atoms with Crippen LogP contribution in [0, 0.1) is 0 Å². The first-order chi connectivity index (χ1) is 5.86. The van der Waals surface area contributed by atoms with Crippen molar-refractivity contribution >= 4 is 11.6 Å². The zero-order valence-electron chi connectivity index (χ0n) is 7.05. The highest BCUT2D eigenvalue weighted by Gasteiger charge is 2.02. The van der Waals surface area contributed by atoms with Crippen LogP contribution in [0.25, 0.3) is 0 Å². The topological polar surface area (TPSA) is 35.3 Å². The fourth-order valence-corrected chi connectivity index (χ4v) is 0.975. The lowest BCUT2D eigenvalue weighted by molar-refractivity contribution is 0.117. The summed E-state index contributed by atoms with van der Waals surface area (Å²) in [4.78, 5) is 4.03. The standard InChI is InChI=1S/C8H12ClNO2/c1-2-11-6-7-5-10-8(12-7)3-4-9/h5H,2-4,6H2,1H3. The number of hydrogen-bond acceptors (Lipinski definition) is 3. The number of rotatable bonds is 5. The molecule has 0 unspecified atom stereocenters. The molecule has 0 fully saturated rings. The van der Waals surface area contributed by atoms with Crippen molar-refractivity contribution in [1.82, 2.24) is 4.98 Å². The molecule has 0 saturated heterocycles. The van der Waals surface area contributed by atoms with Crippen LogP contribution in [-0.2, 0) is 17.8 Å². The van der Waals surface area contributed by atoms with Crippen LogP contribution in [-0.4, -0.2) is 17.5 Å². The third-order valence-corrected chi connectivity index (χ3v) is 1.55. The van der Waals surface area contributed by atoms with Gasteiger partial charge in [0, 0.05) is 18.9 Å². The normalized spacial score (nSPS) is 10.5. The van der Waals surface area contributed by atoms with Crippen LogP contribution in [0.5, 0.6) is 0 Å². The molecule has 0 spiro atoms. The van der Waals surface area contributed by atoms with E-state index in [0.717, 1.165) is 5.76 Å². The maximum Gasteiger partial charge on any atom is 0.195 e. The maximum absolute atomic E-state index is 5.52. The molecule has 1 aromatic rings. The second-order valence-electron chi connectivity index (χ2n) is 2.30. The van der Waals surface area contributed by atoms with Crippen LogP contribution in [0.2, 0.25) is 0 Å². The van der Waals surface area contributed by atoms with Crippen molar-refractivity contribution in [2.75, 3.05) is 12.5 Å². The van der Waals surface area contributed by atoms with Gasteiger partial charge in [-0.15, -0.1) is 11.6 Å². The Hall–Kier alpha value is -0.540. The number of oxazole rings is 1. The van der Waals surface area contributed by atoms with Gasteiger partial charge in [-0.2, -0.15) is 0 Å². The lowest BCUT2D eigenvalue weighted by Crippen LogP contribution is -1.89. The molecule has 1 aromatic heterocycles. The highest BCUT2D eigenvalue weighted by molar-refractivity contribution is 6.17. The van der Waals surface area contributed by atoms with Crippen LogP contribution >= 0.6 is 11.6 Å². The minimum Gasteiger partial charge on any atom is -0.443 e. The minimum atomic E-state index is 0.492. The molecule has 0 atom stereocenters. The van der Waals surface area contributed by atoms with Gasteiger partial charge in [-0.05, 0) is 6.92 Å². The summed E-state index contributed by atoms with van der Waals surface area (Å²) in [6, 6.07) is 0. The summed E-state index contributed by atoms with van der Waals surface area (Å²) >= 11 is 5.52. The Morgan fingerprint density at radius 2 is 2.50 bits per heavy atom. The van der Waals surface area contributed by atoms with Gasteiger partial charge in [-0.25, -0.2) is 4.98 Å². The van der Waals surface area contributed by atoms with Gasteiger partial charge in [0.2, 0.25) is 0 Å². The maximum atomic E-state index is 5.52. The van der Waals surface area contributed by atoms with Gasteiger partial charge >= 0.3 is 0 Å². The SMILES string of the molecule is CCOCc1cnc(CCCl)o1. The third kappa shape index (κ3) is 2.83. The molecule has 0 aromatic carbocycles. The van der Waals surface area contributed by atoms with Crippen molar-refractivity contribution in [3.63, 3.8) is 0 Å². The Labute approximate surface area is 76.7 Å². The molecular formula is C8H12ClNO2. The summed E-state index contributed by atoms with van der Waals surface area (Å²) < 4.78 is 10.4. The lowest BCUT2D eigenvalue weighted by Gasteiger charge is -1.94. The summed E-state index contributed by atoms with van der Waals surface area (Å²) in [5.41, 5.74) is 0. The zero-order valence-corrected chi connectivity index (χ0v) is 7.80. The molecule has 4 heteroatoms. The molecule has 12 heavy (non-hydrogen) atoms. The molecule has 3 nitrogen and oxygen atoms in total. The van der Waals surface area contributed by atoms with E-state index in [1.165, 1.54) is 0 Å². The smallest absolute Gasteiger partial charge is 0.195 e. The zero-order chi connectivity index (χ0) is 8.81. The Balaban J connectivity index is 2.41. The Morgan fingerprint density at radius 1 is 1.67 bits per heavy atom. The number of alkyl halides is 1. The molecule has 0 N–H and O–H groups in total. The summed E-state index contributed by atoms with van der Waals surface area (Å²) in [5, 5.41) is 0. The molecule has 0 aliphatic rings. The van der Waals surface area contributed by atoms with Crippen LogP contribution in [0.3, 0.4) is 0 Å². The van der Waals surface area contributed by atoms with E-state index in [2.05, 4.69) is 4.98 Å². The number of aryl methyl sites for hydroxylation is 1. The van der Waals surface area contributed by atoms with Gasteiger partial charge in [0.15, 0.2) is 5.89 Å². The van der Waals surface area contributed by atoms with Crippen molar-refractivity contribution in [1.29, 1.82) is 0 Å². The second-order valence-corrected chi connectivity index (χ2v) is 2.67. The van der Waals surface area contributed by atoms with Crippen LogP contribution < -0.4 is 0 Å². The highest BCUT2D eigenvalue weighted by Crippen LogP contribution is 2.06. The first-order valence-corrected chi connectivity index (χ1v) is 4.47. The number of ether oxygens (including phenoxy) is 1. The molecular weight excluding hydrogens is 178 g/mol. The highest BCUT2D eigenvalue weighted by atomic mass is 35.5. The first-order valence-electron chi connectivity index (χ1n) is 3.94. The molecule has 0 amide bonds. The summed E-state index contributed by atoms with van der Waals surface area (Å²) in [6.45, 7) is 3.12. The number of nitrogens with zero attached hydrogens (tertiary/aromatic N) is 1. The molecule has 68 valence electrons. The van der Waals surface area contributed by atoms with E-state index in [9.17, 15) is 0 Å².